The van der Waals surface area contributed by atoms with Crippen LogP contribution in [0.4, 0.5) is 11.4 Å². The molecule has 2 rings (SSSR count). The minimum atomic E-state index is 0.0782. The molecule has 80 valence electrons. The summed E-state index contributed by atoms with van der Waals surface area (Å²) in [6, 6.07) is 5.73. The summed E-state index contributed by atoms with van der Waals surface area (Å²) >= 11 is 0. The number of carbonyl (C=O) groups excluding carboxylic acids is 1. The van der Waals surface area contributed by atoms with Crippen molar-refractivity contribution in [2.24, 2.45) is 0 Å². The van der Waals surface area contributed by atoms with Crippen LogP contribution in [-0.4, -0.2) is 26.1 Å². The van der Waals surface area contributed by atoms with Crippen LogP contribution in [-0.2, 0) is 4.79 Å². The summed E-state index contributed by atoms with van der Waals surface area (Å²) in [7, 11) is 1.61. The number of ether oxygens (including phenoxy) is 1. The van der Waals surface area contributed by atoms with Crippen LogP contribution in [0.15, 0.2) is 18.2 Å². The quantitative estimate of drug-likeness (QED) is 0.796. The second kappa shape index (κ2) is 3.81. The Balaban J connectivity index is 2.54. The first-order chi connectivity index (χ1) is 7.27. The molecule has 4 heteroatoms. The lowest BCUT2D eigenvalue weighted by atomic mass is 10.1. The number of nitrogens with one attached hydrogen (secondary N) is 1. The highest BCUT2D eigenvalue weighted by atomic mass is 16.5. The highest BCUT2D eigenvalue weighted by Gasteiger charge is 2.25. The van der Waals surface area contributed by atoms with Crippen molar-refractivity contribution < 1.29 is 9.53 Å². The summed E-state index contributed by atoms with van der Waals surface area (Å²) in [5.41, 5.74) is 1.80. The summed E-state index contributed by atoms with van der Waals surface area (Å²) < 4.78 is 5.26. The fraction of sp³-hybridized carbons (Fsp3) is 0.364. The van der Waals surface area contributed by atoms with Crippen molar-refractivity contribution in [1.29, 1.82) is 0 Å². The number of methoxy groups -OCH3 is 1. The first-order valence-electron chi connectivity index (χ1n) is 4.99. The van der Waals surface area contributed by atoms with Crippen molar-refractivity contribution in [3.05, 3.63) is 18.2 Å². The molecular weight excluding hydrogens is 192 g/mol. The molecule has 0 spiro atoms. The third kappa shape index (κ3) is 1.52. The Bertz CT molecular complexity index is 376. The largest absolute Gasteiger partial charge is 0.494 e. The van der Waals surface area contributed by atoms with E-state index in [0.29, 0.717) is 13.1 Å². The molecule has 0 aromatic heterocycles. The maximum absolute atomic E-state index is 11.7. The van der Waals surface area contributed by atoms with Gasteiger partial charge in [-0.2, -0.15) is 0 Å². The third-order valence-electron chi connectivity index (χ3n) is 2.54. The molecule has 1 aliphatic heterocycles. The number of nitrogens with zero attached hydrogens (tertiary/aromatic N) is 1. The second-order valence-corrected chi connectivity index (χ2v) is 3.35. The third-order valence-corrected chi connectivity index (χ3v) is 2.54. The fourth-order valence-electron chi connectivity index (χ4n) is 1.83. The summed E-state index contributed by atoms with van der Waals surface area (Å²) in [4.78, 5) is 13.4. The summed E-state index contributed by atoms with van der Waals surface area (Å²) in [5, 5.41) is 3.08. The number of hydrogen-bond acceptors (Lipinski definition) is 3. The number of amides is 1. The van der Waals surface area contributed by atoms with E-state index < -0.39 is 0 Å². The SMILES string of the molecule is CCN1C(=O)CNc2cccc(OC)c21. The molecule has 0 unspecified atom stereocenters. The van der Waals surface area contributed by atoms with Crippen molar-refractivity contribution >= 4 is 17.3 Å². The van der Waals surface area contributed by atoms with E-state index in [1.807, 2.05) is 25.1 Å². The zero-order chi connectivity index (χ0) is 10.8. The molecule has 1 aromatic carbocycles. The van der Waals surface area contributed by atoms with Crippen LogP contribution < -0.4 is 15.0 Å². The van der Waals surface area contributed by atoms with Gasteiger partial charge >= 0.3 is 0 Å². The zero-order valence-corrected chi connectivity index (χ0v) is 8.91. The van der Waals surface area contributed by atoms with Gasteiger partial charge in [-0.1, -0.05) is 6.07 Å². The highest BCUT2D eigenvalue weighted by Crippen LogP contribution is 2.37. The van der Waals surface area contributed by atoms with Crippen LogP contribution in [0, 0.1) is 0 Å². The number of rotatable bonds is 2. The standard InChI is InChI=1S/C11H14N2O2/c1-3-13-10(14)7-12-8-5-4-6-9(15-2)11(8)13/h4-6,12H,3,7H2,1-2H3. The number of anilines is 2. The molecule has 1 aromatic rings. The van der Waals surface area contributed by atoms with E-state index >= 15 is 0 Å². The molecule has 0 fully saturated rings. The van der Waals surface area contributed by atoms with E-state index in [4.69, 9.17) is 4.74 Å². The van der Waals surface area contributed by atoms with E-state index in [2.05, 4.69) is 5.32 Å². The topological polar surface area (TPSA) is 41.6 Å². The first-order valence-corrected chi connectivity index (χ1v) is 4.99. The summed E-state index contributed by atoms with van der Waals surface area (Å²) in [6.45, 7) is 2.97. The van der Waals surface area contributed by atoms with E-state index in [9.17, 15) is 4.79 Å². The average molecular weight is 206 g/mol. The van der Waals surface area contributed by atoms with Crippen molar-refractivity contribution in [3.8, 4) is 5.75 Å². The lowest BCUT2D eigenvalue weighted by molar-refractivity contribution is -0.117. The number of fused-ring (bicyclic) bond motifs is 1. The van der Waals surface area contributed by atoms with Crippen LogP contribution in [0.1, 0.15) is 6.92 Å². The molecule has 0 saturated heterocycles. The van der Waals surface area contributed by atoms with Gasteiger partial charge in [0.15, 0.2) is 0 Å². The maximum Gasteiger partial charge on any atom is 0.246 e. The van der Waals surface area contributed by atoms with Crippen LogP contribution >= 0.6 is 0 Å². The molecule has 1 N–H and O–H groups in total. The van der Waals surface area contributed by atoms with Gasteiger partial charge in [0, 0.05) is 6.54 Å². The number of carbonyl (C=O) groups is 1. The predicted molar refractivity (Wildman–Crippen MR) is 59.5 cm³/mol. The molecule has 0 radical (unpaired) electrons. The lowest BCUT2D eigenvalue weighted by Gasteiger charge is -2.30. The number of hydrogen-bond donors (Lipinski definition) is 1. The van der Waals surface area contributed by atoms with Gasteiger partial charge in [0.2, 0.25) is 5.91 Å². The molecule has 15 heavy (non-hydrogen) atoms. The van der Waals surface area contributed by atoms with Gasteiger partial charge in [-0.3, -0.25) is 4.79 Å². The number of likely N-dealkylation sites (N-methyl/N-ethyl adjacent to an activating group) is 1. The summed E-state index contributed by atoms with van der Waals surface area (Å²) in [5.74, 6) is 0.810. The van der Waals surface area contributed by atoms with Crippen molar-refractivity contribution in [2.45, 2.75) is 6.92 Å². The molecular formula is C11H14N2O2. The van der Waals surface area contributed by atoms with Crippen molar-refractivity contribution in [2.75, 3.05) is 30.4 Å². The molecule has 4 nitrogen and oxygen atoms in total. The Morgan fingerprint density at radius 3 is 3.00 bits per heavy atom. The smallest absolute Gasteiger partial charge is 0.246 e. The number of benzene rings is 1. The van der Waals surface area contributed by atoms with Gasteiger partial charge in [-0.25, -0.2) is 0 Å². The minimum absolute atomic E-state index is 0.0782. The summed E-state index contributed by atoms with van der Waals surface area (Å²) in [6.07, 6.45) is 0. The fourth-order valence-corrected chi connectivity index (χ4v) is 1.83. The average Bonchev–Trinajstić information content (AvgIpc) is 2.28. The molecule has 0 saturated carbocycles. The van der Waals surface area contributed by atoms with Crippen LogP contribution in [0.5, 0.6) is 5.75 Å². The predicted octanol–water partition coefficient (Wildman–Crippen LogP) is 1.47. The van der Waals surface area contributed by atoms with Crippen LogP contribution in [0.3, 0.4) is 0 Å². The minimum Gasteiger partial charge on any atom is -0.494 e. The Hall–Kier alpha value is -1.71. The van der Waals surface area contributed by atoms with Gasteiger partial charge in [-0.15, -0.1) is 0 Å². The van der Waals surface area contributed by atoms with Gasteiger partial charge in [-0.05, 0) is 19.1 Å². The van der Waals surface area contributed by atoms with E-state index in [-0.39, 0.29) is 5.91 Å². The number of para-hydroxylation sites is 1. The molecule has 0 bridgehead atoms. The molecule has 0 aliphatic carbocycles. The van der Waals surface area contributed by atoms with Gasteiger partial charge in [0.05, 0.1) is 19.3 Å². The van der Waals surface area contributed by atoms with Crippen LogP contribution in [0.2, 0.25) is 0 Å². The molecule has 0 atom stereocenters. The van der Waals surface area contributed by atoms with Crippen molar-refractivity contribution in [1.82, 2.24) is 0 Å². The maximum atomic E-state index is 11.7. The Morgan fingerprint density at radius 1 is 1.53 bits per heavy atom. The van der Waals surface area contributed by atoms with E-state index in [1.165, 1.54) is 0 Å². The Kier molecular flexibility index (Phi) is 2.49. The van der Waals surface area contributed by atoms with Crippen LogP contribution in [0.25, 0.3) is 0 Å². The van der Waals surface area contributed by atoms with E-state index in [1.54, 1.807) is 12.0 Å². The van der Waals surface area contributed by atoms with E-state index in [0.717, 1.165) is 17.1 Å². The lowest BCUT2D eigenvalue weighted by Crippen LogP contribution is -2.39. The monoisotopic (exact) mass is 206 g/mol. The first kappa shape index (κ1) is 9.83. The van der Waals surface area contributed by atoms with Gasteiger partial charge in [0.25, 0.3) is 0 Å². The van der Waals surface area contributed by atoms with Gasteiger partial charge < -0.3 is 15.0 Å². The molecule has 1 amide bonds. The zero-order valence-electron chi connectivity index (χ0n) is 8.91. The second-order valence-electron chi connectivity index (χ2n) is 3.35. The normalized spacial score (nSPS) is 14.5. The highest BCUT2D eigenvalue weighted by molar-refractivity contribution is 6.04. The molecule has 1 heterocycles. The molecule has 1 aliphatic rings. The Morgan fingerprint density at radius 2 is 2.33 bits per heavy atom. The Labute approximate surface area is 88.8 Å². The van der Waals surface area contributed by atoms with Crippen molar-refractivity contribution in [3.63, 3.8) is 0 Å². The van der Waals surface area contributed by atoms with Gasteiger partial charge in [0.1, 0.15) is 11.4 Å².